The second-order valence-corrected chi connectivity index (χ2v) is 3.20. The summed E-state index contributed by atoms with van der Waals surface area (Å²) in [6, 6.07) is 5.78. The lowest BCUT2D eigenvalue weighted by atomic mass is 10.3. The number of pyridine rings is 1. The zero-order valence-corrected chi connectivity index (χ0v) is 7.59. The SMILES string of the molecule is N#Cc1nc2[nH]ccc2cc1Br. The second-order valence-electron chi connectivity index (χ2n) is 2.35. The number of halogens is 1. The zero-order chi connectivity index (χ0) is 8.55. The number of rotatable bonds is 0. The molecule has 0 spiro atoms. The molecule has 0 saturated heterocycles. The van der Waals surface area contributed by atoms with Crippen molar-refractivity contribution >= 4 is 27.0 Å². The Balaban J connectivity index is 2.84. The van der Waals surface area contributed by atoms with Crippen molar-refractivity contribution in [1.82, 2.24) is 9.97 Å². The Labute approximate surface area is 77.2 Å². The molecule has 1 N–H and O–H groups in total. The maximum atomic E-state index is 8.66. The van der Waals surface area contributed by atoms with Crippen LogP contribution in [-0.2, 0) is 0 Å². The van der Waals surface area contributed by atoms with Gasteiger partial charge in [-0.15, -0.1) is 0 Å². The first-order valence-electron chi connectivity index (χ1n) is 3.35. The summed E-state index contributed by atoms with van der Waals surface area (Å²) in [5.74, 6) is 0. The zero-order valence-electron chi connectivity index (χ0n) is 6.00. The number of nitrogens with one attached hydrogen (secondary N) is 1. The van der Waals surface area contributed by atoms with E-state index in [1.54, 1.807) is 6.20 Å². The van der Waals surface area contributed by atoms with E-state index in [1.165, 1.54) is 0 Å². The molecule has 0 aromatic carbocycles. The topological polar surface area (TPSA) is 52.5 Å². The van der Waals surface area contributed by atoms with E-state index in [1.807, 2.05) is 18.2 Å². The quantitative estimate of drug-likeness (QED) is 0.742. The Hall–Kier alpha value is -1.34. The summed E-state index contributed by atoms with van der Waals surface area (Å²) in [4.78, 5) is 7.03. The van der Waals surface area contributed by atoms with Gasteiger partial charge in [0, 0.05) is 11.6 Å². The first-order valence-corrected chi connectivity index (χ1v) is 4.14. The highest BCUT2D eigenvalue weighted by atomic mass is 79.9. The third-order valence-electron chi connectivity index (χ3n) is 1.59. The molecule has 0 atom stereocenters. The van der Waals surface area contributed by atoms with Crippen LogP contribution in [0.5, 0.6) is 0 Å². The van der Waals surface area contributed by atoms with Crippen LogP contribution in [0.3, 0.4) is 0 Å². The normalized spacial score (nSPS) is 10.0. The monoisotopic (exact) mass is 221 g/mol. The van der Waals surface area contributed by atoms with Gasteiger partial charge in [-0.3, -0.25) is 0 Å². The van der Waals surface area contributed by atoms with Gasteiger partial charge in [0.15, 0.2) is 5.69 Å². The Kier molecular flexibility index (Phi) is 1.59. The molecule has 2 rings (SSSR count). The van der Waals surface area contributed by atoms with Gasteiger partial charge >= 0.3 is 0 Å². The molecule has 3 nitrogen and oxygen atoms in total. The van der Waals surface area contributed by atoms with Crippen LogP contribution in [-0.4, -0.2) is 9.97 Å². The predicted molar refractivity (Wildman–Crippen MR) is 48.5 cm³/mol. The molecule has 2 aromatic rings. The van der Waals surface area contributed by atoms with Gasteiger partial charge in [0.05, 0.1) is 4.47 Å². The van der Waals surface area contributed by atoms with E-state index in [-0.39, 0.29) is 0 Å². The number of nitrogens with zero attached hydrogens (tertiary/aromatic N) is 2. The summed E-state index contributed by atoms with van der Waals surface area (Å²) in [5, 5.41) is 9.66. The molecular weight excluding hydrogens is 218 g/mol. The van der Waals surface area contributed by atoms with E-state index in [4.69, 9.17) is 5.26 Å². The minimum absolute atomic E-state index is 0.407. The molecule has 0 bridgehead atoms. The number of hydrogen-bond acceptors (Lipinski definition) is 2. The van der Waals surface area contributed by atoms with Gasteiger partial charge in [-0.1, -0.05) is 0 Å². The van der Waals surface area contributed by atoms with Crippen molar-refractivity contribution in [3.8, 4) is 6.07 Å². The highest BCUT2D eigenvalue weighted by Crippen LogP contribution is 2.19. The molecule has 12 heavy (non-hydrogen) atoms. The van der Waals surface area contributed by atoms with Crippen LogP contribution in [0.25, 0.3) is 11.0 Å². The number of nitriles is 1. The Morgan fingerprint density at radius 1 is 1.58 bits per heavy atom. The molecule has 0 amide bonds. The highest BCUT2D eigenvalue weighted by Gasteiger charge is 2.03. The maximum absolute atomic E-state index is 8.66. The van der Waals surface area contributed by atoms with Gasteiger partial charge in [0.1, 0.15) is 11.7 Å². The third-order valence-corrected chi connectivity index (χ3v) is 2.20. The Morgan fingerprint density at radius 3 is 3.17 bits per heavy atom. The van der Waals surface area contributed by atoms with Gasteiger partial charge < -0.3 is 4.98 Å². The van der Waals surface area contributed by atoms with Gasteiger partial charge in [0.2, 0.25) is 0 Å². The van der Waals surface area contributed by atoms with E-state index in [0.717, 1.165) is 15.5 Å². The molecule has 2 aromatic heterocycles. The molecule has 0 aliphatic heterocycles. The van der Waals surface area contributed by atoms with Crippen LogP contribution in [0.1, 0.15) is 5.69 Å². The average molecular weight is 222 g/mol. The molecule has 4 heteroatoms. The molecule has 0 unspecified atom stereocenters. The van der Waals surface area contributed by atoms with E-state index in [2.05, 4.69) is 25.9 Å². The molecule has 0 saturated carbocycles. The number of aromatic amines is 1. The summed E-state index contributed by atoms with van der Waals surface area (Å²) in [6.45, 7) is 0. The lowest BCUT2D eigenvalue weighted by molar-refractivity contribution is 1.26. The Morgan fingerprint density at radius 2 is 2.42 bits per heavy atom. The van der Waals surface area contributed by atoms with Crippen molar-refractivity contribution in [2.24, 2.45) is 0 Å². The summed E-state index contributed by atoms with van der Waals surface area (Å²) in [6.07, 6.45) is 1.80. The second kappa shape index (κ2) is 2.61. The molecule has 0 aliphatic carbocycles. The highest BCUT2D eigenvalue weighted by molar-refractivity contribution is 9.10. The minimum atomic E-state index is 0.407. The van der Waals surface area contributed by atoms with E-state index >= 15 is 0 Å². The summed E-state index contributed by atoms with van der Waals surface area (Å²) >= 11 is 3.26. The van der Waals surface area contributed by atoms with Crippen molar-refractivity contribution in [1.29, 1.82) is 5.26 Å². The van der Waals surface area contributed by atoms with Gasteiger partial charge in [-0.05, 0) is 28.1 Å². The summed E-state index contributed by atoms with van der Waals surface area (Å²) in [5.41, 5.74) is 1.15. The molecule has 2 heterocycles. The summed E-state index contributed by atoms with van der Waals surface area (Å²) in [7, 11) is 0. The predicted octanol–water partition coefficient (Wildman–Crippen LogP) is 2.20. The standard InChI is InChI=1S/C8H4BrN3/c9-6-3-5-1-2-11-8(5)12-7(6)4-10/h1-3H,(H,11,12). The number of H-pyrrole nitrogens is 1. The van der Waals surface area contributed by atoms with Crippen molar-refractivity contribution in [2.45, 2.75) is 0 Å². The Bertz CT molecular complexity index is 467. The summed E-state index contributed by atoms with van der Waals surface area (Å²) < 4.78 is 0.733. The molecule has 0 fully saturated rings. The largest absolute Gasteiger partial charge is 0.346 e. The van der Waals surface area contributed by atoms with E-state index in [9.17, 15) is 0 Å². The van der Waals surface area contributed by atoms with Gasteiger partial charge in [0.25, 0.3) is 0 Å². The van der Waals surface area contributed by atoms with Crippen LogP contribution in [0.2, 0.25) is 0 Å². The molecular formula is C8H4BrN3. The van der Waals surface area contributed by atoms with Crippen LogP contribution in [0.4, 0.5) is 0 Å². The van der Waals surface area contributed by atoms with Crippen molar-refractivity contribution in [3.05, 3.63) is 28.5 Å². The maximum Gasteiger partial charge on any atom is 0.157 e. The van der Waals surface area contributed by atoms with Crippen LogP contribution in [0.15, 0.2) is 22.8 Å². The van der Waals surface area contributed by atoms with Crippen molar-refractivity contribution in [2.75, 3.05) is 0 Å². The smallest absolute Gasteiger partial charge is 0.157 e. The van der Waals surface area contributed by atoms with Crippen LogP contribution < -0.4 is 0 Å². The van der Waals surface area contributed by atoms with E-state index < -0.39 is 0 Å². The third kappa shape index (κ3) is 0.990. The van der Waals surface area contributed by atoms with Crippen molar-refractivity contribution < 1.29 is 0 Å². The number of hydrogen-bond donors (Lipinski definition) is 1. The fourth-order valence-corrected chi connectivity index (χ4v) is 1.46. The minimum Gasteiger partial charge on any atom is -0.346 e. The van der Waals surface area contributed by atoms with Crippen molar-refractivity contribution in [3.63, 3.8) is 0 Å². The molecule has 0 radical (unpaired) electrons. The number of aromatic nitrogens is 2. The fourth-order valence-electron chi connectivity index (χ4n) is 1.03. The van der Waals surface area contributed by atoms with Gasteiger partial charge in [-0.25, -0.2) is 4.98 Å². The molecule has 0 aliphatic rings. The molecule has 58 valence electrons. The van der Waals surface area contributed by atoms with Crippen LogP contribution in [0, 0.1) is 11.3 Å². The first-order chi connectivity index (χ1) is 5.81. The first kappa shape index (κ1) is 7.32. The van der Waals surface area contributed by atoms with Gasteiger partial charge in [-0.2, -0.15) is 5.26 Å². The van der Waals surface area contributed by atoms with Crippen LogP contribution >= 0.6 is 15.9 Å². The number of fused-ring (bicyclic) bond motifs is 1. The van der Waals surface area contributed by atoms with E-state index in [0.29, 0.717) is 5.69 Å². The lowest BCUT2D eigenvalue weighted by Crippen LogP contribution is -1.84. The fraction of sp³-hybridized carbons (Fsp3) is 0. The average Bonchev–Trinajstić information content (AvgIpc) is 2.49. The lowest BCUT2D eigenvalue weighted by Gasteiger charge is -1.93.